The molecule has 0 spiro atoms. The Hall–Kier alpha value is -6.12. The number of amides is 1. The molecule has 0 unspecified atom stereocenters. The van der Waals surface area contributed by atoms with Gasteiger partial charge in [-0.25, -0.2) is 4.58 Å². The van der Waals surface area contributed by atoms with Gasteiger partial charge in [0.1, 0.15) is 17.2 Å². The Bertz CT molecular complexity index is 2690. The molecule has 5 aromatic rings. The molecule has 0 saturated carbocycles. The van der Waals surface area contributed by atoms with E-state index in [-0.39, 0.29) is 40.0 Å². The molecule has 0 radical (unpaired) electrons. The number of carbonyl (C=O) groups is 1. The Labute approximate surface area is 358 Å². The molecule has 0 saturated heterocycles. The van der Waals surface area contributed by atoms with E-state index in [1.165, 1.54) is 23.8 Å². The summed E-state index contributed by atoms with van der Waals surface area (Å²) in [5.41, 5.74) is 7.64. The van der Waals surface area contributed by atoms with Crippen LogP contribution in [0.5, 0.6) is 5.75 Å². The molecule has 0 bridgehead atoms. The molecular formula is C48H50N3O8S2+. The Kier molecular flexibility index (Phi) is 14.5. The fourth-order valence-electron chi connectivity index (χ4n) is 7.05. The van der Waals surface area contributed by atoms with Crippen molar-refractivity contribution in [2.45, 2.75) is 56.5 Å². The molecule has 61 heavy (non-hydrogen) atoms. The molecule has 0 aromatic heterocycles. The standard InChI is InChI=1S/C48H49N3O8S2/c1-4-50(33-36-11-7-6-8-12-36)41-24-18-38(19-25-41)48(39-20-26-42(27-21-39)51(5-2)34-37-13-9-14-44(31-37)60(53,54)55)45-29-28-43(32-46(45)61(56,57)58)59-30-10-15-47(52)49-40-22-16-35(3)17-23-40/h6-9,11-14,16-29,31-32H,4-5,10,15,30,33-34H2,1-3H3,(H2-,49,52,53,54,55,56,57,58)/p+1. The van der Waals surface area contributed by atoms with Crippen molar-refractivity contribution >= 4 is 48.8 Å². The zero-order chi connectivity index (χ0) is 43.6. The van der Waals surface area contributed by atoms with Gasteiger partial charge < -0.3 is 15.0 Å². The number of carbonyl (C=O) groups excluding carboxylic acids is 1. The van der Waals surface area contributed by atoms with Crippen molar-refractivity contribution in [2.75, 3.05) is 29.9 Å². The molecule has 6 rings (SSSR count). The van der Waals surface area contributed by atoms with Crippen molar-refractivity contribution in [1.82, 2.24) is 0 Å². The van der Waals surface area contributed by atoms with E-state index in [1.807, 2.05) is 109 Å². The Morgan fingerprint density at radius 1 is 0.754 bits per heavy atom. The van der Waals surface area contributed by atoms with Crippen molar-refractivity contribution < 1.29 is 40.0 Å². The minimum absolute atomic E-state index is 0.135. The number of hydrogen-bond donors (Lipinski definition) is 3. The molecule has 1 aliphatic rings. The lowest BCUT2D eigenvalue weighted by Gasteiger charge is -2.24. The van der Waals surface area contributed by atoms with E-state index in [4.69, 9.17) is 4.74 Å². The topological polar surface area (TPSA) is 153 Å². The highest BCUT2D eigenvalue weighted by atomic mass is 32.2. The first-order valence-corrected chi connectivity index (χ1v) is 22.9. The highest BCUT2D eigenvalue weighted by Gasteiger charge is 2.24. The van der Waals surface area contributed by atoms with Gasteiger partial charge in [0, 0.05) is 60.2 Å². The maximum Gasteiger partial charge on any atom is 0.295 e. The highest BCUT2D eigenvalue weighted by Crippen LogP contribution is 2.36. The summed E-state index contributed by atoms with van der Waals surface area (Å²) in [6.07, 6.45) is 8.12. The number of hydrogen-bond acceptors (Lipinski definition) is 7. The lowest BCUT2D eigenvalue weighted by Crippen LogP contribution is -2.21. The van der Waals surface area contributed by atoms with Crippen LogP contribution in [0.1, 0.15) is 54.5 Å². The van der Waals surface area contributed by atoms with E-state index in [2.05, 4.69) is 29.3 Å². The zero-order valence-corrected chi connectivity index (χ0v) is 36.0. The molecule has 0 aliphatic heterocycles. The summed E-state index contributed by atoms with van der Waals surface area (Å²) in [5.74, 6) is 0.0461. The SMILES string of the molecule is CCN(Cc1ccccc1)c1ccc(C(=C2C=CC(=[N+](CC)Cc3cccc(S(=O)(=O)O)c3)C=C2)c2ccc(OCCCC(=O)Nc3ccc(C)cc3)cc2S(=O)(=O)O)cc1. The van der Waals surface area contributed by atoms with Gasteiger partial charge in [0.25, 0.3) is 20.2 Å². The molecule has 0 atom stereocenters. The number of allylic oxidation sites excluding steroid dienone is 5. The molecule has 11 nitrogen and oxygen atoms in total. The molecule has 1 amide bonds. The number of rotatable bonds is 17. The first kappa shape index (κ1) is 44.4. The summed E-state index contributed by atoms with van der Waals surface area (Å²) in [7, 11) is -9.14. The van der Waals surface area contributed by atoms with E-state index in [1.54, 1.807) is 24.3 Å². The minimum Gasteiger partial charge on any atom is -0.494 e. The van der Waals surface area contributed by atoms with Crippen LogP contribution in [0.25, 0.3) is 5.57 Å². The van der Waals surface area contributed by atoms with Gasteiger partial charge in [0.2, 0.25) is 5.91 Å². The average Bonchev–Trinajstić information content (AvgIpc) is 3.25. The summed E-state index contributed by atoms with van der Waals surface area (Å²) >= 11 is 0. The van der Waals surface area contributed by atoms with Crippen LogP contribution in [0.3, 0.4) is 0 Å². The number of nitrogens with zero attached hydrogens (tertiary/aromatic N) is 2. The van der Waals surface area contributed by atoms with Gasteiger partial charge in [-0.05, 0) is 110 Å². The molecule has 0 heterocycles. The number of benzene rings is 5. The maximum absolute atomic E-state index is 13.2. The van der Waals surface area contributed by atoms with Gasteiger partial charge in [-0.15, -0.1) is 0 Å². The van der Waals surface area contributed by atoms with Gasteiger partial charge in [-0.2, -0.15) is 16.8 Å². The Morgan fingerprint density at radius 3 is 2.08 bits per heavy atom. The normalized spacial score (nSPS) is 12.6. The van der Waals surface area contributed by atoms with Crippen molar-refractivity contribution in [3.63, 3.8) is 0 Å². The average molecular weight is 861 g/mol. The van der Waals surface area contributed by atoms with E-state index in [0.29, 0.717) is 54.0 Å². The first-order chi connectivity index (χ1) is 29.2. The Morgan fingerprint density at radius 2 is 1.44 bits per heavy atom. The third-order valence-corrected chi connectivity index (χ3v) is 12.0. The summed E-state index contributed by atoms with van der Waals surface area (Å²) in [4.78, 5) is 14.2. The predicted molar refractivity (Wildman–Crippen MR) is 240 cm³/mol. The fourth-order valence-corrected chi connectivity index (χ4v) is 8.31. The molecule has 3 N–H and O–H groups in total. The van der Waals surface area contributed by atoms with Crippen molar-refractivity contribution in [1.29, 1.82) is 0 Å². The largest absolute Gasteiger partial charge is 0.494 e. The first-order valence-electron chi connectivity index (χ1n) is 20.0. The summed E-state index contributed by atoms with van der Waals surface area (Å²) in [6.45, 7) is 8.56. The van der Waals surface area contributed by atoms with Crippen LogP contribution in [0, 0.1) is 6.92 Å². The smallest absolute Gasteiger partial charge is 0.295 e. The van der Waals surface area contributed by atoms with Gasteiger partial charge >= 0.3 is 0 Å². The molecule has 1 aliphatic carbocycles. The second kappa shape index (κ2) is 20.0. The molecular weight excluding hydrogens is 811 g/mol. The number of nitrogens with one attached hydrogen (secondary N) is 1. The minimum atomic E-state index is -4.78. The van der Waals surface area contributed by atoms with Gasteiger partial charge in [0.05, 0.1) is 11.5 Å². The number of aryl methyl sites for hydroxylation is 1. The van der Waals surface area contributed by atoms with Gasteiger partial charge in [0.15, 0.2) is 12.3 Å². The predicted octanol–water partition coefficient (Wildman–Crippen LogP) is 8.91. The van der Waals surface area contributed by atoms with E-state index in [0.717, 1.165) is 23.5 Å². The third kappa shape index (κ3) is 12.0. The molecule has 5 aromatic carbocycles. The third-order valence-electron chi connectivity index (χ3n) is 10.2. The van der Waals surface area contributed by atoms with Crippen LogP contribution in [-0.2, 0) is 38.1 Å². The molecule has 0 fully saturated rings. The van der Waals surface area contributed by atoms with Crippen LogP contribution >= 0.6 is 0 Å². The van der Waals surface area contributed by atoms with Gasteiger partial charge in [-0.3, -0.25) is 13.9 Å². The van der Waals surface area contributed by atoms with Crippen molar-refractivity contribution in [3.05, 3.63) is 179 Å². The van der Waals surface area contributed by atoms with E-state index >= 15 is 0 Å². The second-order valence-electron chi connectivity index (χ2n) is 14.6. The summed E-state index contributed by atoms with van der Waals surface area (Å²) in [6, 6.07) is 36.2. The quantitative estimate of drug-likeness (QED) is 0.0473. The summed E-state index contributed by atoms with van der Waals surface area (Å²) in [5, 5.41) is 2.86. The number of ether oxygens (including phenoxy) is 1. The molecule has 316 valence electrons. The number of anilines is 2. The van der Waals surface area contributed by atoms with Crippen LogP contribution in [0.15, 0.2) is 161 Å². The molecule has 13 heteroatoms. The second-order valence-corrected chi connectivity index (χ2v) is 17.4. The monoisotopic (exact) mass is 860 g/mol. The summed E-state index contributed by atoms with van der Waals surface area (Å²) < 4.78 is 78.1. The van der Waals surface area contributed by atoms with E-state index in [9.17, 15) is 30.7 Å². The van der Waals surface area contributed by atoms with Crippen LogP contribution in [0.2, 0.25) is 0 Å². The highest BCUT2D eigenvalue weighted by molar-refractivity contribution is 7.86. The van der Waals surface area contributed by atoms with Gasteiger partial charge in [-0.1, -0.05) is 72.3 Å². The van der Waals surface area contributed by atoms with Crippen LogP contribution in [-0.4, -0.2) is 61.8 Å². The van der Waals surface area contributed by atoms with E-state index < -0.39 is 20.2 Å². The van der Waals surface area contributed by atoms with Crippen molar-refractivity contribution in [3.8, 4) is 5.75 Å². The maximum atomic E-state index is 13.2. The van der Waals surface area contributed by atoms with Crippen LogP contribution in [0.4, 0.5) is 11.4 Å². The van der Waals surface area contributed by atoms with Crippen LogP contribution < -0.4 is 15.0 Å². The lowest BCUT2D eigenvalue weighted by molar-refractivity contribution is -0.539. The fraction of sp³-hybridized carbons (Fsp3) is 0.208. The lowest BCUT2D eigenvalue weighted by atomic mass is 9.90. The van der Waals surface area contributed by atoms with Crippen molar-refractivity contribution in [2.24, 2.45) is 0 Å². The zero-order valence-electron chi connectivity index (χ0n) is 34.4. The Balaban J connectivity index is 1.32.